The highest BCUT2D eigenvalue weighted by molar-refractivity contribution is 7.99. The monoisotopic (exact) mass is 332 g/mol. The number of hydrogen-bond donors (Lipinski definition) is 0. The van der Waals surface area contributed by atoms with E-state index >= 15 is 0 Å². The predicted molar refractivity (Wildman–Crippen MR) is 88.1 cm³/mol. The summed E-state index contributed by atoms with van der Waals surface area (Å²) in [7, 11) is 0. The van der Waals surface area contributed by atoms with Gasteiger partial charge in [0, 0.05) is 21.5 Å². The molecule has 3 rings (SSSR count). The van der Waals surface area contributed by atoms with Crippen molar-refractivity contribution in [2.75, 3.05) is 0 Å². The van der Waals surface area contributed by atoms with Crippen LogP contribution in [0.4, 0.5) is 0 Å². The summed E-state index contributed by atoms with van der Waals surface area (Å²) in [4.78, 5) is 9.88. The molecule has 1 heterocycles. The Morgan fingerprint density at radius 3 is 2.24 bits per heavy atom. The number of nitrogens with zero attached hydrogens (tertiary/aromatic N) is 2. The van der Waals surface area contributed by atoms with E-state index in [9.17, 15) is 0 Å². The number of hydrogen-bond acceptors (Lipinski definition) is 3. The number of halogens is 2. The standard InChI is InChI=1S/C16H10Cl2N2S/c17-12-6-8-13(9-7-12)21-15-10-14(18)19-16(20-15)11-4-2-1-3-5-11/h1-10H. The first kappa shape index (κ1) is 14.4. The van der Waals surface area contributed by atoms with Crippen LogP contribution in [0.25, 0.3) is 11.4 Å². The summed E-state index contributed by atoms with van der Waals surface area (Å²) in [6.45, 7) is 0. The smallest absolute Gasteiger partial charge is 0.162 e. The van der Waals surface area contributed by atoms with Gasteiger partial charge in [-0.3, -0.25) is 0 Å². The average Bonchev–Trinajstić information content (AvgIpc) is 2.50. The Bertz CT molecular complexity index is 746. The van der Waals surface area contributed by atoms with E-state index in [1.54, 1.807) is 6.07 Å². The molecule has 0 saturated heterocycles. The molecule has 0 spiro atoms. The summed E-state index contributed by atoms with van der Waals surface area (Å²) >= 11 is 13.5. The van der Waals surface area contributed by atoms with Gasteiger partial charge in [0.25, 0.3) is 0 Å². The van der Waals surface area contributed by atoms with E-state index in [0.29, 0.717) is 16.0 Å². The van der Waals surface area contributed by atoms with Crippen molar-refractivity contribution >= 4 is 35.0 Å². The van der Waals surface area contributed by atoms with Crippen LogP contribution >= 0.6 is 35.0 Å². The van der Waals surface area contributed by atoms with E-state index in [-0.39, 0.29) is 0 Å². The Morgan fingerprint density at radius 2 is 1.52 bits per heavy atom. The molecular weight excluding hydrogens is 323 g/mol. The van der Waals surface area contributed by atoms with Crippen LogP contribution in [0.3, 0.4) is 0 Å². The molecule has 0 fully saturated rings. The maximum atomic E-state index is 6.11. The molecule has 0 unspecified atom stereocenters. The van der Waals surface area contributed by atoms with Crippen LogP contribution < -0.4 is 0 Å². The zero-order valence-corrected chi connectivity index (χ0v) is 13.2. The van der Waals surface area contributed by atoms with E-state index < -0.39 is 0 Å². The molecule has 1 aromatic heterocycles. The summed E-state index contributed by atoms with van der Waals surface area (Å²) in [5.41, 5.74) is 0.943. The van der Waals surface area contributed by atoms with Crippen molar-refractivity contribution in [2.45, 2.75) is 9.92 Å². The van der Waals surface area contributed by atoms with Crippen LogP contribution in [0.2, 0.25) is 10.2 Å². The van der Waals surface area contributed by atoms with Crippen LogP contribution in [0.15, 0.2) is 70.6 Å². The minimum absolute atomic E-state index is 0.431. The second kappa shape index (κ2) is 6.48. The van der Waals surface area contributed by atoms with Gasteiger partial charge in [-0.1, -0.05) is 65.3 Å². The van der Waals surface area contributed by atoms with Gasteiger partial charge in [-0.2, -0.15) is 0 Å². The van der Waals surface area contributed by atoms with Crippen LogP contribution in [0.1, 0.15) is 0 Å². The highest BCUT2D eigenvalue weighted by Crippen LogP contribution is 2.30. The average molecular weight is 333 g/mol. The fourth-order valence-corrected chi connectivity index (χ4v) is 2.98. The maximum absolute atomic E-state index is 6.11. The van der Waals surface area contributed by atoms with E-state index in [1.165, 1.54) is 11.8 Å². The van der Waals surface area contributed by atoms with Gasteiger partial charge < -0.3 is 0 Å². The number of benzene rings is 2. The molecule has 2 aromatic carbocycles. The molecule has 0 aliphatic rings. The summed E-state index contributed by atoms with van der Waals surface area (Å²) in [6, 6.07) is 19.1. The summed E-state index contributed by atoms with van der Waals surface area (Å²) in [6.07, 6.45) is 0. The normalized spacial score (nSPS) is 10.6. The van der Waals surface area contributed by atoms with Gasteiger partial charge in [-0.05, 0) is 24.3 Å². The molecule has 5 heteroatoms. The lowest BCUT2D eigenvalue weighted by Crippen LogP contribution is -1.91. The van der Waals surface area contributed by atoms with Crippen LogP contribution in [-0.4, -0.2) is 9.97 Å². The van der Waals surface area contributed by atoms with E-state index in [2.05, 4.69) is 9.97 Å². The molecule has 0 aliphatic carbocycles. The molecule has 0 amide bonds. The number of rotatable bonds is 3. The molecular formula is C16H10Cl2N2S. The van der Waals surface area contributed by atoms with E-state index in [0.717, 1.165) is 15.5 Å². The molecule has 2 nitrogen and oxygen atoms in total. The highest BCUT2D eigenvalue weighted by atomic mass is 35.5. The van der Waals surface area contributed by atoms with Crippen molar-refractivity contribution in [3.8, 4) is 11.4 Å². The zero-order valence-electron chi connectivity index (χ0n) is 10.8. The van der Waals surface area contributed by atoms with E-state index in [4.69, 9.17) is 23.2 Å². The second-order valence-corrected chi connectivity index (χ2v) is 6.19. The van der Waals surface area contributed by atoms with Gasteiger partial charge in [0.15, 0.2) is 5.82 Å². The first-order chi connectivity index (χ1) is 10.2. The molecule has 0 N–H and O–H groups in total. The largest absolute Gasteiger partial charge is 0.221 e. The molecule has 0 aliphatic heterocycles. The third kappa shape index (κ3) is 3.76. The molecule has 21 heavy (non-hydrogen) atoms. The van der Waals surface area contributed by atoms with Crippen molar-refractivity contribution in [3.05, 3.63) is 70.8 Å². The van der Waals surface area contributed by atoms with Gasteiger partial charge in [0.1, 0.15) is 10.2 Å². The zero-order chi connectivity index (χ0) is 14.7. The molecule has 0 saturated carbocycles. The lowest BCUT2D eigenvalue weighted by Gasteiger charge is -2.05. The number of aromatic nitrogens is 2. The lowest BCUT2D eigenvalue weighted by atomic mass is 10.2. The predicted octanol–water partition coefficient (Wildman–Crippen LogP) is 5.60. The van der Waals surface area contributed by atoms with Crippen molar-refractivity contribution in [1.29, 1.82) is 0 Å². The quantitative estimate of drug-likeness (QED) is 0.583. The molecule has 3 aromatic rings. The molecule has 0 radical (unpaired) electrons. The molecule has 0 bridgehead atoms. The van der Waals surface area contributed by atoms with Crippen molar-refractivity contribution in [3.63, 3.8) is 0 Å². The van der Waals surface area contributed by atoms with Gasteiger partial charge >= 0.3 is 0 Å². The summed E-state index contributed by atoms with van der Waals surface area (Å²) < 4.78 is 0. The Balaban J connectivity index is 1.93. The van der Waals surface area contributed by atoms with Crippen LogP contribution in [0, 0.1) is 0 Å². The highest BCUT2D eigenvalue weighted by Gasteiger charge is 2.07. The van der Waals surface area contributed by atoms with Crippen molar-refractivity contribution in [1.82, 2.24) is 9.97 Å². The van der Waals surface area contributed by atoms with E-state index in [1.807, 2.05) is 54.6 Å². The Morgan fingerprint density at radius 1 is 0.810 bits per heavy atom. The van der Waals surface area contributed by atoms with Crippen LogP contribution in [-0.2, 0) is 0 Å². The first-order valence-corrected chi connectivity index (χ1v) is 7.81. The third-order valence-electron chi connectivity index (χ3n) is 2.74. The van der Waals surface area contributed by atoms with Crippen LogP contribution in [0.5, 0.6) is 0 Å². The van der Waals surface area contributed by atoms with Crippen molar-refractivity contribution < 1.29 is 0 Å². The third-order valence-corrected chi connectivity index (χ3v) is 4.11. The van der Waals surface area contributed by atoms with Gasteiger partial charge in [0.05, 0.1) is 0 Å². The van der Waals surface area contributed by atoms with Gasteiger partial charge in [-0.25, -0.2) is 9.97 Å². The topological polar surface area (TPSA) is 25.8 Å². The molecule has 0 atom stereocenters. The summed E-state index contributed by atoms with van der Waals surface area (Å²) in [5, 5.41) is 1.95. The SMILES string of the molecule is Clc1ccc(Sc2cc(Cl)nc(-c3ccccc3)n2)cc1. The second-order valence-electron chi connectivity index (χ2n) is 4.27. The first-order valence-electron chi connectivity index (χ1n) is 6.24. The summed E-state index contributed by atoms with van der Waals surface area (Å²) in [5.74, 6) is 0.625. The Hall–Kier alpha value is -1.55. The molecule has 104 valence electrons. The van der Waals surface area contributed by atoms with Gasteiger partial charge in [0.2, 0.25) is 0 Å². The fourth-order valence-electron chi connectivity index (χ4n) is 1.79. The minimum atomic E-state index is 0.431. The minimum Gasteiger partial charge on any atom is -0.221 e. The van der Waals surface area contributed by atoms with Crippen molar-refractivity contribution in [2.24, 2.45) is 0 Å². The van der Waals surface area contributed by atoms with Gasteiger partial charge in [-0.15, -0.1) is 0 Å². The fraction of sp³-hybridized carbons (Fsp3) is 0. The maximum Gasteiger partial charge on any atom is 0.162 e. The Labute approximate surface area is 137 Å². The lowest BCUT2D eigenvalue weighted by molar-refractivity contribution is 1.06. The Kier molecular flexibility index (Phi) is 4.44.